The highest BCUT2D eigenvalue weighted by atomic mass is 16.5. The van der Waals surface area contributed by atoms with Crippen molar-refractivity contribution in [2.75, 3.05) is 13.7 Å². The van der Waals surface area contributed by atoms with Gasteiger partial charge in [-0.3, -0.25) is 0 Å². The maximum absolute atomic E-state index is 10.9. The van der Waals surface area contributed by atoms with Crippen molar-refractivity contribution in [3.63, 3.8) is 0 Å². The molecule has 0 aromatic heterocycles. The molecular formula is C17H18O7. The van der Waals surface area contributed by atoms with Crippen molar-refractivity contribution in [1.82, 2.24) is 0 Å². The van der Waals surface area contributed by atoms with E-state index in [1.807, 2.05) is 0 Å². The zero-order valence-corrected chi connectivity index (χ0v) is 12.9. The lowest BCUT2D eigenvalue weighted by Gasteiger charge is -2.36. The van der Waals surface area contributed by atoms with E-state index in [0.717, 1.165) is 7.11 Å². The number of fused-ring (bicyclic) bond motifs is 5. The molecule has 7 nitrogen and oxygen atoms in total. The third kappa shape index (κ3) is 2.13. The van der Waals surface area contributed by atoms with Crippen LogP contribution in [0.4, 0.5) is 0 Å². The van der Waals surface area contributed by atoms with Gasteiger partial charge in [0.25, 0.3) is 0 Å². The molecule has 0 unspecified atom stereocenters. The van der Waals surface area contributed by atoms with Crippen LogP contribution in [0.15, 0.2) is 24.3 Å². The van der Waals surface area contributed by atoms with Gasteiger partial charge >= 0.3 is 0 Å². The number of hydrogen-bond donors (Lipinski definition) is 6. The molecule has 24 heavy (non-hydrogen) atoms. The fraction of sp³-hybridized carbons (Fsp3) is 0.294. The van der Waals surface area contributed by atoms with Gasteiger partial charge in [0.05, 0.1) is 0 Å². The van der Waals surface area contributed by atoms with E-state index in [2.05, 4.69) is 0 Å². The molecule has 0 bridgehead atoms. The maximum atomic E-state index is 10.9. The molecule has 0 amide bonds. The molecular weight excluding hydrogens is 316 g/mol. The van der Waals surface area contributed by atoms with Gasteiger partial charge in [-0.15, -0.1) is 0 Å². The van der Waals surface area contributed by atoms with Crippen LogP contribution in [-0.2, 0) is 6.42 Å². The summed E-state index contributed by atoms with van der Waals surface area (Å²) in [5.74, 6) is -1.54. The molecule has 2 atom stereocenters. The van der Waals surface area contributed by atoms with Crippen molar-refractivity contribution in [3.05, 3.63) is 41.0 Å². The second-order valence-electron chi connectivity index (χ2n) is 5.89. The van der Waals surface area contributed by atoms with Crippen LogP contribution in [0.2, 0.25) is 0 Å². The molecule has 7 heteroatoms. The minimum atomic E-state index is -1.22. The number of hydrogen-bond acceptors (Lipinski definition) is 7. The standard InChI is InChI=1S/C16H14O6.CH4O/c17-10-2-1-8-13-9-4-12(19)11(18)3-7(9)5-16(13,21)6-22-15(8)14(10)20;1-2/h1-4,13,17-21H,5-6H2;2H,1H3/t13-,16+;/m0./s1. The van der Waals surface area contributed by atoms with Crippen LogP contribution in [0.25, 0.3) is 0 Å². The van der Waals surface area contributed by atoms with Gasteiger partial charge in [0.2, 0.25) is 5.75 Å². The van der Waals surface area contributed by atoms with Crippen LogP contribution in [0, 0.1) is 0 Å². The quantitative estimate of drug-likeness (QED) is 0.395. The molecule has 4 rings (SSSR count). The summed E-state index contributed by atoms with van der Waals surface area (Å²) in [4.78, 5) is 0. The Hall–Kier alpha value is -2.64. The van der Waals surface area contributed by atoms with Gasteiger partial charge in [0.1, 0.15) is 12.2 Å². The molecule has 1 aliphatic carbocycles. The lowest BCUT2D eigenvalue weighted by molar-refractivity contribution is -0.0228. The Kier molecular flexibility index (Phi) is 3.70. The highest BCUT2D eigenvalue weighted by Crippen LogP contribution is 2.55. The number of phenols is 4. The first-order chi connectivity index (χ1) is 11.4. The SMILES string of the molecule is CO.Oc1cc2c(cc1O)[C@@H]1c3ccc(O)c(O)c3OC[C@]1(O)C2. The number of aromatic hydroxyl groups is 4. The van der Waals surface area contributed by atoms with Gasteiger partial charge in [-0.2, -0.15) is 0 Å². The van der Waals surface area contributed by atoms with Crippen molar-refractivity contribution < 1.29 is 35.4 Å². The van der Waals surface area contributed by atoms with E-state index in [9.17, 15) is 25.5 Å². The Balaban J connectivity index is 0.000000815. The third-order valence-corrected chi connectivity index (χ3v) is 4.50. The Morgan fingerprint density at radius 1 is 0.958 bits per heavy atom. The van der Waals surface area contributed by atoms with Crippen LogP contribution in [0.1, 0.15) is 22.6 Å². The minimum absolute atomic E-state index is 0.0577. The molecule has 2 aromatic carbocycles. The van der Waals surface area contributed by atoms with Crippen molar-refractivity contribution in [2.45, 2.75) is 17.9 Å². The average molecular weight is 334 g/mol. The highest BCUT2D eigenvalue weighted by Gasteiger charge is 2.51. The molecule has 1 aliphatic heterocycles. The largest absolute Gasteiger partial charge is 0.504 e. The minimum Gasteiger partial charge on any atom is -0.504 e. The van der Waals surface area contributed by atoms with Gasteiger partial charge in [0.15, 0.2) is 23.0 Å². The number of rotatable bonds is 0. The third-order valence-electron chi connectivity index (χ3n) is 4.50. The van der Waals surface area contributed by atoms with Crippen LogP contribution >= 0.6 is 0 Å². The van der Waals surface area contributed by atoms with Crippen LogP contribution < -0.4 is 4.74 Å². The van der Waals surface area contributed by atoms with Crippen LogP contribution in [0.3, 0.4) is 0 Å². The van der Waals surface area contributed by atoms with Crippen molar-refractivity contribution in [2.24, 2.45) is 0 Å². The van der Waals surface area contributed by atoms with Crippen LogP contribution in [-0.4, -0.2) is 50.0 Å². The lowest BCUT2D eigenvalue weighted by atomic mass is 9.80. The lowest BCUT2D eigenvalue weighted by Crippen LogP contribution is -2.43. The van der Waals surface area contributed by atoms with E-state index in [1.165, 1.54) is 18.2 Å². The van der Waals surface area contributed by atoms with Gasteiger partial charge in [-0.25, -0.2) is 0 Å². The summed E-state index contributed by atoms with van der Waals surface area (Å²) in [6.07, 6.45) is 0.266. The monoisotopic (exact) mass is 334 g/mol. The smallest absolute Gasteiger partial charge is 0.200 e. The molecule has 0 spiro atoms. The highest BCUT2D eigenvalue weighted by molar-refractivity contribution is 5.63. The Morgan fingerprint density at radius 2 is 1.62 bits per heavy atom. The Labute approximate surface area is 137 Å². The first-order valence-corrected chi connectivity index (χ1v) is 7.30. The van der Waals surface area contributed by atoms with Gasteiger partial charge in [-0.05, 0) is 29.3 Å². The van der Waals surface area contributed by atoms with E-state index in [0.29, 0.717) is 16.7 Å². The molecule has 128 valence electrons. The normalized spacial score (nSPS) is 23.2. The molecule has 6 N–H and O–H groups in total. The molecule has 0 fully saturated rings. The second-order valence-corrected chi connectivity index (χ2v) is 5.89. The van der Waals surface area contributed by atoms with Crippen molar-refractivity contribution in [1.29, 1.82) is 0 Å². The predicted molar refractivity (Wildman–Crippen MR) is 83.7 cm³/mol. The average Bonchev–Trinajstić information content (AvgIpc) is 2.85. The first-order valence-electron chi connectivity index (χ1n) is 7.30. The molecule has 1 heterocycles. The van der Waals surface area contributed by atoms with E-state index < -0.39 is 11.5 Å². The molecule has 2 aromatic rings. The van der Waals surface area contributed by atoms with E-state index in [4.69, 9.17) is 9.84 Å². The summed E-state index contributed by atoms with van der Waals surface area (Å²) in [5.41, 5.74) is 0.700. The fourth-order valence-corrected chi connectivity index (χ4v) is 3.52. The summed E-state index contributed by atoms with van der Waals surface area (Å²) < 4.78 is 5.46. The summed E-state index contributed by atoms with van der Waals surface area (Å²) in [7, 11) is 1.00. The summed E-state index contributed by atoms with van der Waals surface area (Å²) in [5, 5.41) is 56.8. The van der Waals surface area contributed by atoms with Crippen molar-refractivity contribution in [3.8, 4) is 28.7 Å². The second kappa shape index (κ2) is 5.47. The number of phenolic OH excluding ortho intramolecular Hbond substituents is 4. The summed E-state index contributed by atoms with van der Waals surface area (Å²) >= 11 is 0. The van der Waals surface area contributed by atoms with Gasteiger partial charge in [0, 0.05) is 25.0 Å². The maximum Gasteiger partial charge on any atom is 0.200 e. The Bertz CT molecular complexity index is 802. The van der Waals surface area contributed by atoms with E-state index in [-0.39, 0.29) is 41.8 Å². The van der Waals surface area contributed by atoms with E-state index >= 15 is 0 Å². The number of aliphatic hydroxyl groups is 2. The summed E-state index contributed by atoms with van der Waals surface area (Å²) in [6.45, 7) is -0.0577. The molecule has 0 saturated heterocycles. The Morgan fingerprint density at radius 3 is 2.33 bits per heavy atom. The van der Waals surface area contributed by atoms with Crippen molar-refractivity contribution >= 4 is 0 Å². The predicted octanol–water partition coefficient (Wildman–Crippen LogP) is 0.929. The molecule has 0 radical (unpaired) electrons. The van der Waals surface area contributed by atoms with Gasteiger partial charge < -0.3 is 35.4 Å². The zero-order valence-electron chi connectivity index (χ0n) is 12.9. The first kappa shape index (κ1) is 16.2. The number of benzene rings is 2. The van der Waals surface area contributed by atoms with E-state index in [1.54, 1.807) is 6.07 Å². The van der Waals surface area contributed by atoms with Gasteiger partial charge in [-0.1, -0.05) is 6.07 Å². The number of aliphatic hydroxyl groups excluding tert-OH is 1. The zero-order chi connectivity index (χ0) is 17.6. The molecule has 2 aliphatic rings. The number of ether oxygens (including phenoxy) is 1. The topological polar surface area (TPSA) is 131 Å². The van der Waals surface area contributed by atoms with Crippen LogP contribution in [0.5, 0.6) is 28.7 Å². The summed E-state index contributed by atoms with van der Waals surface area (Å²) in [6, 6.07) is 5.77. The fourth-order valence-electron chi connectivity index (χ4n) is 3.52. The molecule has 0 saturated carbocycles.